The minimum Gasteiger partial charge on any atom is -0.486 e. The van der Waals surface area contributed by atoms with Gasteiger partial charge in [-0.05, 0) is 35.4 Å². The van der Waals surface area contributed by atoms with Crippen LogP contribution in [0.5, 0.6) is 5.75 Å². The summed E-state index contributed by atoms with van der Waals surface area (Å²) in [4.78, 5) is 14.9. The molecule has 32 heavy (non-hydrogen) atoms. The predicted octanol–water partition coefficient (Wildman–Crippen LogP) is -0.239. The number of hydrogen-bond donors (Lipinski definition) is 1. The molecular weight excluding hydrogens is 473 g/mol. The second kappa shape index (κ2) is 10.8. The summed E-state index contributed by atoms with van der Waals surface area (Å²) in [5.74, 6) is -7.49. The van der Waals surface area contributed by atoms with E-state index in [0.29, 0.717) is 5.56 Å². The first-order chi connectivity index (χ1) is 14.0. The van der Waals surface area contributed by atoms with E-state index < -0.39 is 36.2 Å². The van der Waals surface area contributed by atoms with E-state index in [1.54, 1.807) is 0 Å². The Hall–Kier alpha value is -1.97. The van der Waals surface area contributed by atoms with Crippen LogP contribution < -0.4 is 67.0 Å². The number of amides is 1. The molecule has 7 nitrogen and oxygen atoms in total. The molecule has 14 heteroatoms. The molecule has 2 aromatic carbocycles. The SMILES string of the molecule is NC(=O)c1nc(-c2cccc(-c3cc(F)ccc3OCC(F)(F)C(F)(F)F)c2)n[n-]1.O.[K+]. The van der Waals surface area contributed by atoms with Crippen LogP contribution in [0.15, 0.2) is 42.5 Å². The summed E-state index contributed by atoms with van der Waals surface area (Å²) in [6, 6.07) is 8.54. The Balaban J connectivity index is 0.00000256. The second-order valence-electron chi connectivity index (χ2n) is 6.04. The zero-order chi connectivity index (χ0) is 22.1. The summed E-state index contributed by atoms with van der Waals surface area (Å²) in [7, 11) is 0. The number of carbonyl (C=O) groups excluding carboxylic acids is 1. The van der Waals surface area contributed by atoms with Crippen molar-refractivity contribution in [3.63, 3.8) is 0 Å². The Labute approximate surface area is 219 Å². The third kappa shape index (κ3) is 6.29. The maximum atomic E-state index is 13.7. The Morgan fingerprint density at radius 3 is 2.31 bits per heavy atom. The molecule has 0 spiro atoms. The van der Waals surface area contributed by atoms with E-state index in [9.17, 15) is 31.1 Å². The standard InChI is InChI=1S/C18H12F6N4O2.K.H2O/c19-11-4-5-13(30-8-17(20,21)18(22,23)24)12(7-11)9-2-1-3-10(6-9)15-26-16(14(25)29)28-27-15;;/h1-7H,8H2,(H3,25,26,27,28,29);;1H2/q;+1;/p-1. The predicted molar refractivity (Wildman–Crippen MR) is 94.8 cm³/mol. The second-order valence-corrected chi connectivity index (χ2v) is 6.04. The van der Waals surface area contributed by atoms with Crippen LogP contribution >= 0.6 is 0 Å². The van der Waals surface area contributed by atoms with Crippen molar-refractivity contribution in [1.29, 1.82) is 0 Å². The van der Waals surface area contributed by atoms with Crippen molar-refractivity contribution in [3.05, 3.63) is 54.1 Å². The molecule has 0 radical (unpaired) electrons. The van der Waals surface area contributed by atoms with Crippen molar-refractivity contribution < 1.29 is 92.7 Å². The van der Waals surface area contributed by atoms with Gasteiger partial charge >= 0.3 is 63.5 Å². The molecule has 3 rings (SSSR count). The molecule has 0 aliphatic rings. The van der Waals surface area contributed by atoms with Crippen molar-refractivity contribution in [2.24, 2.45) is 5.73 Å². The van der Waals surface area contributed by atoms with Crippen molar-refractivity contribution in [3.8, 4) is 28.3 Å². The fourth-order valence-electron chi connectivity index (χ4n) is 2.40. The number of aromatic nitrogens is 3. The number of carbonyl (C=O) groups is 1. The molecule has 1 amide bonds. The van der Waals surface area contributed by atoms with Gasteiger partial charge < -0.3 is 26.0 Å². The molecule has 0 saturated heterocycles. The average Bonchev–Trinajstić information content (AvgIpc) is 3.17. The minimum absolute atomic E-state index is 0. The first kappa shape index (κ1) is 28.1. The zero-order valence-corrected chi connectivity index (χ0v) is 19.4. The molecule has 1 aromatic heterocycles. The summed E-state index contributed by atoms with van der Waals surface area (Å²) in [6.45, 7) is -1.98. The quantitative estimate of drug-likeness (QED) is 0.381. The normalized spacial score (nSPS) is 11.3. The summed E-state index contributed by atoms with van der Waals surface area (Å²) < 4.78 is 82.0. The fraction of sp³-hybridized carbons (Fsp3) is 0.167. The number of hydrogen-bond acceptors (Lipinski definition) is 4. The molecule has 0 aliphatic heterocycles. The molecular formula is C18H13F6KN4O3. The molecule has 4 N–H and O–H groups in total. The summed E-state index contributed by atoms with van der Waals surface area (Å²) >= 11 is 0. The van der Waals surface area contributed by atoms with Crippen LogP contribution in [0.1, 0.15) is 10.6 Å². The number of rotatable bonds is 6. The fourth-order valence-corrected chi connectivity index (χ4v) is 2.40. The van der Waals surface area contributed by atoms with Crippen LogP contribution in [0.4, 0.5) is 26.3 Å². The smallest absolute Gasteiger partial charge is 0.486 e. The number of halogens is 6. The average molecular weight is 486 g/mol. The van der Waals surface area contributed by atoms with Crippen LogP contribution in [-0.4, -0.2) is 40.2 Å². The molecule has 0 saturated carbocycles. The van der Waals surface area contributed by atoms with Gasteiger partial charge in [-0.2, -0.15) is 22.0 Å². The van der Waals surface area contributed by atoms with Crippen LogP contribution in [-0.2, 0) is 0 Å². The van der Waals surface area contributed by atoms with Gasteiger partial charge in [0.25, 0.3) is 0 Å². The van der Waals surface area contributed by atoms with E-state index in [0.717, 1.165) is 18.2 Å². The monoisotopic (exact) mass is 486 g/mol. The van der Waals surface area contributed by atoms with Crippen molar-refractivity contribution in [2.75, 3.05) is 6.61 Å². The zero-order valence-electron chi connectivity index (χ0n) is 16.3. The first-order valence-electron chi connectivity index (χ1n) is 8.13. The van der Waals surface area contributed by atoms with E-state index >= 15 is 0 Å². The van der Waals surface area contributed by atoms with Gasteiger partial charge in [0.15, 0.2) is 6.61 Å². The van der Waals surface area contributed by atoms with Crippen molar-refractivity contribution >= 4 is 5.91 Å². The van der Waals surface area contributed by atoms with E-state index in [1.165, 1.54) is 24.3 Å². The Bertz CT molecular complexity index is 1090. The van der Waals surface area contributed by atoms with Crippen LogP contribution in [0, 0.1) is 5.82 Å². The van der Waals surface area contributed by atoms with E-state index in [-0.39, 0.29) is 79.6 Å². The third-order valence-electron chi connectivity index (χ3n) is 3.87. The largest absolute Gasteiger partial charge is 1.00 e. The number of benzene rings is 2. The molecule has 0 atom stereocenters. The van der Waals surface area contributed by atoms with Gasteiger partial charge in [-0.15, -0.1) is 0 Å². The maximum Gasteiger partial charge on any atom is 1.00 e. The van der Waals surface area contributed by atoms with Gasteiger partial charge in [0.2, 0.25) is 5.91 Å². The molecule has 166 valence electrons. The molecule has 0 aliphatic carbocycles. The van der Waals surface area contributed by atoms with Crippen molar-refractivity contribution in [1.82, 2.24) is 15.2 Å². The van der Waals surface area contributed by atoms with Crippen LogP contribution in [0.2, 0.25) is 0 Å². The number of alkyl halides is 5. The Morgan fingerprint density at radius 2 is 1.72 bits per heavy atom. The number of nitrogens with zero attached hydrogens (tertiary/aromatic N) is 3. The molecule has 0 bridgehead atoms. The summed E-state index contributed by atoms with van der Waals surface area (Å²) in [5.41, 5.74) is 5.50. The Kier molecular flexibility index (Phi) is 9.44. The van der Waals surface area contributed by atoms with Crippen molar-refractivity contribution in [2.45, 2.75) is 12.1 Å². The van der Waals surface area contributed by atoms with E-state index in [4.69, 9.17) is 5.73 Å². The Morgan fingerprint density at radius 1 is 1.06 bits per heavy atom. The number of ether oxygens (including phenoxy) is 1. The maximum absolute atomic E-state index is 13.7. The third-order valence-corrected chi connectivity index (χ3v) is 3.87. The van der Waals surface area contributed by atoms with Crippen LogP contribution in [0.3, 0.4) is 0 Å². The number of nitrogens with two attached hydrogens (primary N) is 1. The van der Waals surface area contributed by atoms with Gasteiger partial charge in [0.1, 0.15) is 11.6 Å². The first-order valence-corrected chi connectivity index (χ1v) is 8.13. The summed E-state index contributed by atoms with van der Waals surface area (Å²) in [6.07, 6.45) is -5.80. The van der Waals surface area contributed by atoms with Gasteiger partial charge in [-0.25, -0.2) is 4.39 Å². The van der Waals surface area contributed by atoms with Gasteiger partial charge in [0, 0.05) is 11.4 Å². The molecule has 0 fully saturated rings. The molecule has 1 heterocycles. The minimum atomic E-state index is -5.80. The molecule has 0 unspecified atom stereocenters. The summed E-state index contributed by atoms with van der Waals surface area (Å²) in [5, 5.41) is 7.18. The van der Waals surface area contributed by atoms with Gasteiger partial charge in [-0.1, -0.05) is 18.2 Å². The van der Waals surface area contributed by atoms with Gasteiger partial charge in [-0.3, -0.25) is 9.89 Å². The molecule has 3 aromatic rings. The van der Waals surface area contributed by atoms with E-state index in [1.807, 2.05) is 0 Å². The van der Waals surface area contributed by atoms with Gasteiger partial charge in [0.05, 0.1) is 5.82 Å². The van der Waals surface area contributed by atoms with Crippen LogP contribution in [0.25, 0.3) is 22.5 Å². The topological polar surface area (TPSA) is 124 Å². The van der Waals surface area contributed by atoms with E-state index in [2.05, 4.69) is 19.9 Å². The number of primary amides is 1.